The lowest BCUT2D eigenvalue weighted by Crippen LogP contribution is -2.31. The van der Waals surface area contributed by atoms with Gasteiger partial charge in [-0.2, -0.15) is 0 Å². The molecule has 0 saturated carbocycles. The van der Waals surface area contributed by atoms with Gasteiger partial charge in [0.25, 0.3) is 0 Å². The number of nitrogens with zero attached hydrogens (tertiary/aromatic N) is 1. The average Bonchev–Trinajstić information content (AvgIpc) is 2.29. The summed E-state index contributed by atoms with van der Waals surface area (Å²) < 4.78 is 0.980. The highest BCUT2D eigenvalue weighted by Crippen LogP contribution is 2.21. The van der Waals surface area contributed by atoms with E-state index in [2.05, 4.69) is 15.9 Å². The predicted molar refractivity (Wildman–Crippen MR) is 82.6 cm³/mol. The molecule has 0 aliphatic rings. The Bertz CT molecular complexity index is 388. The fourth-order valence-electron chi connectivity index (χ4n) is 1.68. The Kier molecular flexibility index (Phi) is 6.57. The summed E-state index contributed by atoms with van der Waals surface area (Å²) in [6.45, 7) is 5.56. The maximum Gasteiger partial charge on any atom is 0.232 e. The molecule has 1 rings (SSSR count). The summed E-state index contributed by atoms with van der Waals surface area (Å²) in [6.07, 6.45) is 0. The fourth-order valence-corrected chi connectivity index (χ4v) is 3.10. The smallest absolute Gasteiger partial charge is 0.232 e. The topological polar surface area (TPSA) is 46.3 Å². The maximum atomic E-state index is 11.8. The van der Waals surface area contributed by atoms with Crippen LogP contribution in [0.3, 0.4) is 0 Å². The zero-order chi connectivity index (χ0) is 13.5. The molecular formula is C13H19BrN2OS. The molecule has 0 spiro atoms. The van der Waals surface area contributed by atoms with Crippen LogP contribution in [0.25, 0.3) is 0 Å². The summed E-state index contributed by atoms with van der Waals surface area (Å²) >= 11 is 5.04. The summed E-state index contributed by atoms with van der Waals surface area (Å²) in [4.78, 5) is 13.7. The Hall–Kier alpha value is -0.680. The molecule has 2 N–H and O–H groups in total. The molecule has 5 heteroatoms. The zero-order valence-electron chi connectivity index (χ0n) is 10.8. The third-order valence-electron chi connectivity index (χ3n) is 2.59. The first-order valence-electron chi connectivity index (χ1n) is 5.97. The van der Waals surface area contributed by atoms with Crippen LogP contribution in [0.4, 0.5) is 5.69 Å². The first-order valence-corrected chi connectivity index (χ1v) is 7.92. The minimum absolute atomic E-state index is 0.202. The van der Waals surface area contributed by atoms with Gasteiger partial charge < -0.3 is 10.6 Å². The number of halogens is 1. The van der Waals surface area contributed by atoms with Crippen LogP contribution in [0.15, 0.2) is 22.7 Å². The second-order valence-electron chi connectivity index (χ2n) is 3.95. The van der Waals surface area contributed by atoms with Gasteiger partial charge in [0.15, 0.2) is 0 Å². The number of hydrogen-bond donors (Lipinski definition) is 1. The molecule has 1 amide bonds. The Balaban J connectivity index is 2.44. The Morgan fingerprint density at radius 2 is 2.00 bits per heavy atom. The largest absolute Gasteiger partial charge is 0.399 e. The van der Waals surface area contributed by atoms with Crippen molar-refractivity contribution in [1.29, 1.82) is 0 Å². The van der Waals surface area contributed by atoms with Crippen molar-refractivity contribution in [1.82, 2.24) is 4.90 Å². The normalized spacial score (nSPS) is 10.4. The lowest BCUT2D eigenvalue weighted by Gasteiger charge is -2.18. The third-order valence-corrected chi connectivity index (χ3v) is 4.04. The van der Waals surface area contributed by atoms with E-state index in [1.54, 1.807) is 11.8 Å². The number of amides is 1. The molecular weight excluding hydrogens is 312 g/mol. The second-order valence-corrected chi connectivity index (χ2v) is 5.85. The van der Waals surface area contributed by atoms with E-state index in [4.69, 9.17) is 5.73 Å². The van der Waals surface area contributed by atoms with E-state index in [1.807, 2.05) is 36.9 Å². The molecule has 0 heterocycles. The second kappa shape index (κ2) is 7.69. The van der Waals surface area contributed by atoms with E-state index in [1.165, 1.54) is 0 Å². The van der Waals surface area contributed by atoms with E-state index in [0.717, 1.165) is 34.6 Å². The molecule has 3 nitrogen and oxygen atoms in total. The molecule has 0 aromatic heterocycles. The summed E-state index contributed by atoms with van der Waals surface area (Å²) in [5, 5.41) is 0. The van der Waals surface area contributed by atoms with E-state index >= 15 is 0 Å². The van der Waals surface area contributed by atoms with Crippen LogP contribution in [0.2, 0.25) is 0 Å². The van der Waals surface area contributed by atoms with Crippen LogP contribution in [-0.2, 0) is 10.5 Å². The number of carbonyl (C=O) groups excluding carboxylic acids is 1. The number of anilines is 1. The molecule has 0 aliphatic carbocycles. The molecule has 0 unspecified atom stereocenters. The summed E-state index contributed by atoms with van der Waals surface area (Å²) in [5.74, 6) is 1.53. The van der Waals surface area contributed by atoms with Crippen molar-refractivity contribution in [3.63, 3.8) is 0 Å². The molecule has 18 heavy (non-hydrogen) atoms. The number of benzene rings is 1. The molecule has 0 bridgehead atoms. The van der Waals surface area contributed by atoms with Crippen molar-refractivity contribution in [2.75, 3.05) is 24.6 Å². The summed E-state index contributed by atoms with van der Waals surface area (Å²) in [5.41, 5.74) is 7.65. The quantitative estimate of drug-likeness (QED) is 0.815. The van der Waals surface area contributed by atoms with Gasteiger partial charge in [0, 0.05) is 29.0 Å². The van der Waals surface area contributed by atoms with Gasteiger partial charge in [0.05, 0.1) is 5.75 Å². The highest BCUT2D eigenvalue weighted by atomic mass is 79.9. The monoisotopic (exact) mass is 330 g/mol. The van der Waals surface area contributed by atoms with Crippen LogP contribution in [-0.4, -0.2) is 29.6 Å². The van der Waals surface area contributed by atoms with Gasteiger partial charge in [-0.15, -0.1) is 11.8 Å². The van der Waals surface area contributed by atoms with E-state index in [0.29, 0.717) is 5.75 Å². The summed E-state index contributed by atoms with van der Waals surface area (Å²) in [7, 11) is 0. The van der Waals surface area contributed by atoms with Crippen LogP contribution in [0, 0.1) is 0 Å². The number of thioether (sulfide) groups is 1. The maximum absolute atomic E-state index is 11.8. The molecule has 100 valence electrons. The van der Waals surface area contributed by atoms with Crippen molar-refractivity contribution in [2.24, 2.45) is 0 Å². The Morgan fingerprint density at radius 3 is 2.56 bits per heavy atom. The molecule has 0 atom stereocenters. The summed E-state index contributed by atoms with van der Waals surface area (Å²) in [6, 6.07) is 5.85. The third kappa shape index (κ3) is 4.90. The van der Waals surface area contributed by atoms with Gasteiger partial charge in [0.2, 0.25) is 5.91 Å². The van der Waals surface area contributed by atoms with Crippen LogP contribution >= 0.6 is 27.7 Å². The fraction of sp³-hybridized carbons (Fsp3) is 0.462. The van der Waals surface area contributed by atoms with Crippen molar-refractivity contribution in [3.8, 4) is 0 Å². The van der Waals surface area contributed by atoms with Gasteiger partial charge in [-0.1, -0.05) is 15.9 Å². The van der Waals surface area contributed by atoms with E-state index < -0.39 is 0 Å². The van der Waals surface area contributed by atoms with Crippen LogP contribution < -0.4 is 5.73 Å². The standard InChI is InChI=1S/C13H19BrN2OS/c1-3-16(4-2)13(17)9-18-8-10-5-11(14)7-12(15)6-10/h5-7H,3-4,8-9,15H2,1-2H3. The SMILES string of the molecule is CCN(CC)C(=O)CSCc1cc(N)cc(Br)c1. The zero-order valence-corrected chi connectivity index (χ0v) is 13.2. The first-order chi connectivity index (χ1) is 8.56. The van der Waals surface area contributed by atoms with Crippen molar-refractivity contribution >= 4 is 39.3 Å². The van der Waals surface area contributed by atoms with Crippen LogP contribution in [0.1, 0.15) is 19.4 Å². The molecule has 1 aromatic rings. The van der Waals surface area contributed by atoms with Crippen molar-refractivity contribution in [2.45, 2.75) is 19.6 Å². The van der Waals surface area contributed by atoms with E-state index in [-0.39, 0.29) is 5.91 Å². The van der Waals surface area contributed by atoms with Crippen LogP contribution in [0.5, 0.6) is 0 Å². The number of nitrogens with two attached hydrogens (primary N) is 1. The highest BCUT2D eigenvalue weighted by molar-refractivity contribution is 9.10. The van der Waals surface area contributed by atoms with Crippen molar-refractivity contribution in [3.05, 3.63) is 28.2 Å². The molecule has 0 fully saturated rings. The Labute approximate surface area is 121 Å². The van der Waals surface area contributed by atoms with Gasteiger partial charge >= 0.3 is 0 Å². The lowest BCUT2D eigenvalue weighted by molar-refractivity contribution is -0.127. The number of hydrogen-bond acceptors (Lipinski definition) is 3. The Morgan fingerprint density at radius 1 is 1.33 bits per heavy atom. The molecule has 0 radical (unpaired) electrons. The average molecular weight is 331 g/mol. The lowest BCUT2D eigenvalue weighted by atomic mass is 10.2. The molecule has 0 aliphatic heterocycles. The number of rotatable bonds is 6. The first kappa shape index (κ1) is 15.4. The van der Waals surface area contributed by atoms with Gasteiger partial charge in [-0.25, -0.2) is 0 Å². The van der Waals surface area contributed by atoms with Crippen molar-refractivity contribution < 1.29 is 4.79 Å². The van der Waals surface area contributed by atoms with Gasteiger partial charge in [-0.3, -0.25) is 4.79 Å². The predicted octanol–water partition coefficient (Wildman–Crippen LogP) is 3.13. The molecule has 1 aromatic carbocycles. The molecule has 0 saturated heterocycles. The van der Waals surface area contributed by atoms with Gasteiger partial charge in [0.1, 0.15) is 0 Å². The number of nitrogen functional groups attached to an aromatic ring is 1. The van der Waals surface area contributed by atoms with E-state index in [9.17, 15) is 4.79 Å². The minimum atomic E-state index is 0.202. The van der Waals surface area contributed by atoms with Gasteiger partial charge in [-0.05, 0) is 37.6 Å². The highest BCUT2D eigenvalue weighted by Gasteiger charge is 2.09. The number of carbonyl (C=O) groups is 1. The minimum Gasteiger partial charge on any atom is -0.399 e.